The van der Waals surface area contributed by atoms with Gasteiger partial charge in [0.1, 0.15) is 5.58 Å². The summed E-state index contributed by atoms with van der Waals surface area (Å²) in [5.74, 6) is 0. The molecule has 0 aliphatic heterocycles. The first kappa shape index (κ1) is 14.6. The third-order valence-corrected chi connectivity index (χ3v) is 4.57. The van der Waals surface area contributed by atoms with Crippen LogP contribution in [0.2, 0.25) is 10.0 Å². The maximum absolute atomic E-state index is 12.3. The second-order valence-corrected chi connectivity index (χ2v) is 6.39. The van der Waals surface area contributed by atoms with Gasteiger partial charge < -0.3 is 4.42 Å². The molecule has 1 heterocycles. The van der Waals surface area contributed by atoms with Crippen molar-refractivity contribution in [2.24, 2.45) is 0 Å². The molecule has 0 bridgehead atoms. The lowest BCUT2D eigenvalue weighted by Crippen LogP contribution is -2.06. The summed E-state index contributed by atoms with van der Waals surface area (Å²) in [5.41, 5.74) is 2.21. The molecule has 3 rings (SSSR count). The van der Waals surface area contributed by atoms with Crippen LogP contribution in [-0.4, -0.2) is 0 Å². The fourth-order valence-electron chi connectivity index (χ4n) is 2.31. The van der Waals surface area contributed by atoms with Gasteiger partial charge >= 0.3 is 5.63 Å². The summed E-state index contributed by atoms with van der Waals surface area (Å²) < 4.78 is 6.32. The largest absolute Gasteiger partial charge is 0.422 e. The Kier molecular flexibility index (Phi) is 3.82. The van der Waals surface area contributed by atoms with Gasteiger partial charge in [-0.25, -0.2) is 4.79 Å². The van der Waals surface area contributed by atoms with Crippen molar-refractivity contribution < 1.29 is 4.42 Å². The standard InChI is InChI=1S/C16H9BrCl2O2/c1-8-11-7-10(17)3-5-14(11)21-16(20)15(8)9-2-4-12(18)13(19)6-9/h2-7H,1H3. The highest BCUT2D eigenvalue weighted by atomic mass is 79.9. The maximum atomic E-state index is 12.3. The van der Waals surface area contributed by atoms with Crippen LogP contribution in [0.5, 0.6) is 0 Å². The van der Waals surface area contributed by atoms with Gasteiger partial charge in [-0.1, -0.05) is 45.2 Å². The maximum Gasteiger partial charge on any atom is 0.344 e. The van der Waals surface area contributed by atoms with Crippen molar-refractivity contribution in [1.29, 1.82) is 0 Å². The number of aryl methyl sites for hydroxylation is 1. The lowest BCUT2D eigenvalue weighted by atomic mass is 10.00. The lowest BCUT2D eigenvalue weighted by molar-refractivity contribution is 0.562. The van der Waals surface area contributed by atoms with Crippen LogP contribution in [0.1, 0.15) is 5.56 Å². The van der Waals surface area contributed by atoms with Gasteiger partial charge in [-0.2, -0.15) is 0 Å². The minimum atomic E-state index is -0.388. The molecule has 0 aliphatic carbocycles. The Hall–Kier alpha value is -1.29. The van der Waals surface area contributed by atoms with Crippen LogP contribution in [0.4, 0.5) is 0 Å². The summed E-state index contributed by atoms with van der Waals surface area (Å²) >= 11 is 15.4. The van der Waals surface area contributed by atoms with Crippen molar-refractivity contribution in [3.05, 3.63) is 66.9 Å². The normalized spacial score (nSPS) is 11.0. The van der Waals surface area contributed by atoms with Gasteiger partial charge in [-0.05, 0) is 48.4 Å². The minimum Gasteiger partial charge on any atom is -0.422 e. The molecule has 0 fully saturated rings. The molecule has 3 aromatic rings. The molecule has 0 saturated carbocycles. The van der Waals surface area contributed by atoms with Crippen LogP contribution < -0.4 is 5.63 Å². The van der Waals surface area contributed by atoms with E-state index in [2.05, 4.69) is 15.9 Å². The van der Waals surface area contributed by atoms with Crippen LogP contribution in [0, 0.1) is 6.92 Å². The molecule has 0 unspecified atom stereocenters. The van der Waals surface area contributed by atoms with Crippen LogP contribution in [0.3, 0.4) is 0 Å². The van der Waals surface area contributed by atoms with Gasteiger partial charge in [-0.3, -0.25) is 0 Å². The molecule has 2 nitrogen and oxygen atoms in total. The molecule has 1 aromatic heterocycles. The second-order valence-electron chi connectivity index (χ2n) is 4.66. The number of hydrogen-bond acceptors (Lipinski definition) is 2. The first-order valence-corrected chi connectivity index (χ1v) is 7.70. The number of fused-ring (bicyclic) bond motifs is 1. The number of halogens is 3. The van der Waals surface area contributed by atoms with E-state index in [1.54, 1.807) is 24.3 Å². The molecule has 0 atom stereocenters. The molecule has 0 spiro atoms. The quantitative estimate of drug-likeness (QED) is 0.494. The van der Waals surface area contributed by atoms with Crippen molar-refractivity contribution in [1.82, 2.24) is 0 Å². The monoisotopic (exact) mass is 382 g/mol. The van der Waals surface area contributed by atoms with Crippen molar-refractivity contribution >= 4 is 50.1 Å². The Morgan fingerprint density at radius 3 is 2.52 bits per heavy atom. The first-order chi connectivity index (χ1) is 9.97. The van der Waals surface area contributed by atoms with E-state index in [4.69, 9.17) is 27.6 Å². The van der Waals surface area contributed by atoms with E-state index >= 15 is 0 Å². The van der Waals surface area contributed by atoms with Crippen LogP contribution in [0.15, 0.2) is 50.1 Å². The van der Waals surface area contributed by atoms with Gasteiger partial charge in [-0.15, -0.1) is 0 Å². The van der Waals surface area contributed by atoms with E-state index in [1.165, 1.54) is 0 Å². The number of rotatable bonds is 1. The van der Waals surface area contributed by atoms with Crippen molar-refractivity contribution in [2.75, 3.05) is 0 Å². The molecule has 106 valence electrons. The fraction of sp³-hybridized carbons (Fsp3) is 0.0625. The second kappa shape index (κ2) is 5.48. The first-order valence-electron chi connectivity index (χ1n) is 6.16. The molecule has 2 aromatic carbocycles. The Morgan fingerprint density at radius 2 is 1.81 bits per heavy atom. The summed E-state index contributed by atoms with van der Waals surface area (Å²) in [6.45, 7) is 1.89. The van der Waals surface area contributed by atoms with Gasteiger partial charge in [0, 0.05) is 9.86 Å². The summed E-state index contributed by atoms with van der Waals surface area (Å²) in [7, 11) is 0. The zero-order valence-electron chi connectivity index (χ0n) is 10.9. The molecule has 0 radical (unpaired) electrons. The van der Waals surface area contributed by atoms with Crippen molar-refractivity contribution in [3.63, 3.8) is 0 Å². The van der Waals surface area contributed by atoms with E-state index in [0.717, 1.165) is 15.4 Å². The molecular weight excluding hydrogens is 375 g/mol. The average Bonchev–Trinajstić information content (AvgIpc) is 2.44. The smallest absolute Gasteiger partial charge is 0.344 e. The Bertz CT molecular complexity index is 916. The molecule has 0 aliphatic rings. The van der Waals surface area contributed by atoms with Gasteiger partial charge in [0.05, 0.1) is 15.6 Å². The SMILES string of the molecule is Cc1c(-c2ccc(Cl)c(Cl)c2)c(=O)oc2ccc(Br)cc12. The molecule has 0 N–H and O–H groups in total. The molecular formula is C16H9BrCl2O2. The van der Waals surface area contributed by atoms with E-state index in [1.807, 2.05) is 19.1 Å². The predicted molar refractivity (Wildman–Crippen MR) is 90.4 cm³/mol. The summed E-state index contributed by atoms with van der Waals surface area (Å²) in [6, 6.07) is 10.6. The van der Waals surface area contributed by atoms with Crippen LogP contribution in [0.25, 0.3) is 22.1 Å². The fourth-order valence-corrected chi connectivity index (χ4v) is 2.97. The lowest BCUT2D eigenvalue weighted by Gasteiger charge is -2.09. The van der Waals surface area contributed by atoms with E-state index in [0.29, 0.717) is 26.8 Å². The van der Waals surface area contributed by atoms with E-state index in [-0.39, 0.29) is 5.63 Å². The van der Waals surface area contributed by atoms with E-state index < -0.39 is 0 Å². The topological polar surface area (TPSA) is 30.2 Å². The molecule has 0 saturated heterocycles. The Morgan fingerprint density at radius 1 is 1.05 bits per heavy atom. The average molecular weight is 384 g/mol. The molecule has 0 amide bonds. The highest BCUT2D eigenvalue weighted by Crippen LogP contribution is 2.32. The van der Waals surface area contributed by atoms with Crippen LogP contribution in [-0.2, 0) is 0 Å². The van der Waals surface area contributed by atoms with Crippen molar-refractivity contribution in [2.45, 2.75) is 6.92 Å². The number of benzene rings is 2. The highest BCUT2D eigenvalue weighted by Gasteiger charge is 2.14. The Balaban J connectivity index is 2.36. The molecule has 21 heavy (non-hydrogen) atoms. The summed E-state index contributed by atoms with van der Waals surface area (Å²) in [4.78, 5) is 12.3. The third kappa shape index (κ3) is 2.61. The zero-order chi connectivity index (χ0) is 15.1. The van der Waals surface area contributed by atoms with Crippen molar-refractivity contribution in [3.8, 4) is 11.1 Å². The summed E-state index contributed by atoms with van der Waals surface area (Å²) in [6.07, 6.45) is 0. The number of hydrogen-bond donors (Lipinski definition) is 0. The van der Waals surface area contributed by atoms with Gasteiger partial charge in [0.2, 0.25) is 0 Å². The van der Waals surface area contributed by atoms with Gasteiger partial charge in [0.25, 0.3) is 0 Å². The minimum absolute atomic E-state index is 0.388. The third-order valence-electron chi connectivity index (χ3n) is 3.34. The van der Waals surface area contributed by atoms with Crippen LogP contribution >= 0.6 is 39.1 Å². The molecule has 5 heteroatoms. The predicted octanol–water partition coefficient (Wildman–Crippen LogP) is 5.84. The van der Waals surface area contributed by atoms with E-state index in [9.17, 15) is 4.79 Å². The zero-order valence-corrected chi connectivity index (χ0v) is 14.0. The Labute approximate surface area is 139 Å². The summed E-state index contributed by atoms with van der Waals surface area (Å²) in [5, 5.41) is 1.73. The van der Waals surface area contributed by atoms with Gasteiger partial charge in [0.15, 0.2) is 0 Å². The highest BCUT2D eigenvalue weighted by molar-refractivity contribution is 9.10.